The molecule has 0 saturated carbocycles. The molecular weight excluding hydrogens is 365 g/mol. The highest BCUT2D eigenvalue weighted by Crippen LogP contribution is 2.28. The maximum atomic E-state index is 14.2. The first-order chi connectivity index (χ1) is 12.9. The Morgan fingerprint density at radius 2 is 1.89 bits per heavy atom. The van der Waals surface area contributed by atoms with Crippen LogP contribution in [0.25, 0.3) is 11.4 Å². The minimum absolute atomic E-state index is 0.303. The maximum Gasteiger partial charge on any atom is 0.226 e. The van der Waals surface area contributed by atoms with E-state index in [1.54, 1.807) is 18.2 Å². The molecule has 0 bridgehead atoms. The molecule has 0 atom stereocenters. The van der Waals surface area contributed by atoms with Crippen LogP contribution in [0.4, 0.5) is 4.39 Å². The predicted octanol–water partition coefficient (Wildman–Crippen LogP) is 4.61. The topological polar surface area (TPSA) is 69.6 Å². The minimum atomic E-state index is -0.303. The molecule has 1 aromatic carbocycles. The Bertz CT molecular complexity index is 890. The van der Waals surface area contributed by atoms with Gasteiger partial charge in [0.1, 0.15) is 5.82 Å². The first-order valence-electron chi connectivity index (χ1n) is 9.06. The van der Waals surface area contributed by atoms with Gasteiger partial charge in [-0.05, 0) is 24.0 Å². The molecule has 0 saturated heterocycles. The molecule has 0 spiro atoms. The summed E-state index contributed by atoms with van der Waals surface area (Å²) < 4.78 is 21.5. The second kappa shape index (κ2) is 8.65. The number of nitrogens with zero attached hydrogens (tertiary/aromatic N) is 5. The molecule has 0 amide bonds. The summed E-state index contributed by atoms with van der Waals surface area (Å²) in [5.74, 6) is 2.87. The van der Waals surface area contributed by atoms with Crippen LogP contribution in [0.2, 0.25) is 0 Å². The number of benzene rings is 1. The number of thioether (sulfide) groups is 1. The third-order valence-corrected chi connectivity index (χ3v) is 4.77. The van der Waals surface area contributed by atoms with Gasteiger partial charge in [-0.15, -0.1) is 10.2 Å². The van der Waals surface area contributed by atoms with E-state index in [0.717, 1.165) is 11.6 Å². The SMILES string of the molecule is CC(C)Cc1nc(CSc2nnc(-c3ccccc3F)n2CC(C)C)no1. The Kier molecular flexibility index (Phi) is 6.26. The lowest BCUT2D eigenvalue weighted by atomic mass is 10.1. The van der Waals surface area contributed by atoms with Crippen molar-refractivity contribution in [2.24, 2.45) is 11.8 Å². The van der Waals surface area contributed by atoms with Crippen molar-refractivity contribution in [3.63, 3.8) is 0 Å². The van der Waals surface area contributed by atoms with E-state index in [0.29, 0.717) is 47.2 Å². The summed E-state index contributed by atoms with van der Waals surface area (Å²) in [7, 11) is 0. The van der Waals surface area contributed by atoms with Crippen molar-refractivity contribution in [3.05, 3.63) is 41.8 Å². The summed E-state index contributed by atoms with van der Waals surface area (Å²) in [5, 5.41) is 13.3. The molecule has 6 nitrogen and oxygen atoms in total. The second-order valence-electron chi connectivity index (χ2n) is 7.28. The molecule has 3 aromatic rings. The van der Waals surface area contributed by atoms with Gasteiger partial charge in [0, 0.05) is 13.0 Å². The van der Waals surface area contributed by atoms with Crippen molar-refractivity contribution in [1.29, 1.82) is 0 Å². The lowest BCUT2D eigenvalue weighted by Crippen LogP contribution is -2.08. The van der Waals surface area contributed by atoms with Gasteiger partial charge in [0.25, 0.3) is 0 Å². The van der Waals surface area contributed by atoms with E-state index in [9.17, 15) is 4.39 Å². The maximum absolute atomic E-state index is 14.2. The zero-order valence-corrected chi connectivity index (χ0v) is 16.8. The molecule has 0 fully saturated rings. The monoisotopic (exact) mass is 389 g/mol. The van der Waals surface area contributed by atoms with Crippen molar-refractivity contribution < 1.29 is 8.91 Å². The number of aromatic nitrogens is 5. The van der Waals surface area contributed by atoms with E-state index in [1.165, 1.54) is 17.8 Å². The summed E-state index contributed by atoms with van der Waals surface area (Å²) in [6.07, 6.45) is 0.763. The van der Waals surface area contributed by atoms with Gasteiger partial charge < -0.3 is 9.09 Å². The lowest BCUT2D eigenvalue weighted by Gasteiger charge is -2.12. The van der Waals surface area contributed by atoms with Crippen LogP contribution in [0, 0.1) is 17.7 Å². The van der Waals surface area contributed by atoms with E-state index < -0.39 is 0 Å². The van der Waals surface area contributed by atoms with E-state index in [4.69, 9.17) is 4.52 Å². The normalized spacial score (nSPS) is 11.7. The summed E-state index contributed by atoms with van der Waals surface area (Å²) >= 11 is 1.48. The average Bonchev–Trinajstić information content (AvgIpc) is 3.19. The molecule has 27 heavy (non-hydrogen) atoms. The van der Waals surface area contributed by atoms with Gasteiger partial charge in [-0.3, -0.25) is 0 Å². The third-order valence-electron chi connectivity index (χ3n) is 3.80. The number of rotatable bonds is 8. The van der Waals surface area contributed by atoms with Crippen molar-refractivity contribution in [1.82, 2.24) is 24.9 Å². The average molecular weight is 390 g/mol. The van der Waals surface area contributed by atoms with Crippen LogP contribution >= 0.6 is 11.8 Å². The standard InChI is InChI=1S/C19H24FN5OS/c1-12(2)9-17-21-16(24-26-17)11-27-19-23-22-18(25(19)10-13(3)4)14-7-5-6-8-15(14)20/h5-8,12-13H,9-11H2,1-4H3. The summed E-state index contributed by atoms with van der Waals surface area (Å²) in [5.41, 5.74) is 0.455. The molecule has 0 unspecified atom stereocenters. The van der Waals surface area contributed by atoms with Crippen molar-refractivity contribution in [3.8, 4) is 11.4 Å². The van der Waals surface area contributed by atoms with Gasteiger partial charge in [-0.2, -0.15) is 4.98 Å². The molecule has 2 aromatic heterocycles. The molecular formula is C19H24FN5OS. The fraction of sp³-hybridized carbons (Fsp3) is 0.474. The van der Waals surface area contributed by atoms with Gasteiger partial charge in [-0.25, -0.2) is 4.39 Å². The largest absolute Gasteiger partial charge is 0.339 e. The highest BCUT2D eigenvalue weighted by atomic mass is 32.2. The fourth-order valence-corrected chi connectivity index (χ4v) is 3.47. The van der Waals surface area contributed by atoms with Crippen LogP contribution in [0.1, 0.15) is 39.4 Å². The van der Waals surface area contributed by atoms with Gasteiger partial charge in [0.15, 0.2) is 16.8 Å². The third kappa shape index (κ3) is 4.94. The van der Waals surface area contributed by atoms with E-state index in [-0.39, 0.29) is 5.82 Å². The van der Waals surface area contributed by atoms with Gasteiger partial charge in [-0.1, -0.05) is 56.7 Å². The fourth-order valence-electron chi connectivity index (χ4n) is 2.68. The number of halogens is 1. The van der Waals surface area contributed by atoms with Crippen LogP contribution in [-0.2, 0) is 18.7 Å². The molecule has 0 aliphatic carbocycles. The Hall–Kier alpha value is -2.22. The van der Waals surface area contributed by atoms with Crippen LogP contribution in [0.3, 0.4) is 0 Å². The number of hydrogen-bond acceptors (Lipinski definition) is 6. The van der Waals surface area contributed by atoms with Crippen molar-refractivity contribution in [2.45, 2.75) is 51.6 Å². The lowest BCUT2D eigenvalue weighted by molar-refractivity contribution is 0.360. The smallest absolute Gasteiger partial charge is 0.226 e. The van der Waals surface area contributed by atoms with E-state index >= 15 is 0 Å². The zero-order valence-electron chi connectivity index (χ0n) is 16.0. The first kappa shape index (κ1) is 19.5. The van der Waals surface area contributed by atoms with E-state index in [2.05, 4.69) is 48.0 Å². The first-order valence-corrected chi connectivity index (χ1v) is 10.0. The Labute approximate surface area is 162 Å². The molecule has 144 valence electrons. The Morgan fingerprint density at radius 3 is 2.59 bits per heavy atom. The quantitative estimate of drug-likeness (QED) is 0.524. The summed E-state index contributed by atoms with van der Waals surface area (Å²) in [4.78, 5) is 4.42. The molecule has 0 radical (unpaired) electrons. The highest BCUT2D eigenvalue weighted by molar-refractivity contribution is 7.98. The van der Waals surface area contributed by atoms with Crippen molar-refractivity contribution in [2.75, 3.05) is 0 Å². The van der Waals surface area contributed by atoms with E-state index in [1.807, 2.05) is 4.57 Å². The predicted molar refractivity (Wildman–Crippen MR) is 103 cm³/mol. The van der Waals surface area contributed by atoms with Crippen LogP contribution in [0.15, 0.2) is 33.9 Å². The molecule has 0 aliphatic heterocycles. The van der Waals surface area contributed by atoms with Crippen LogP contribution in [-0.4, -0.2) is 24.9 Å². The van der Waals surface area contributed by atoms with Gasteiger partial charge in [0.2, 0.25) is 5.89 Å². The van der Waals surface area contributed by atoms with Crippen LogP contribution < -0.4 is 0 Å². The molecule has 2 heterocycles. The molecule has 8 heteroatoms. The molecule has 0 aliphatic rings. The second-order valence-corrected chi connectivity index (χ2v) is 8.22. The Balaban J connectivity index is 1.81. The minimum Gasteiger partial charge on any atom is -0.339 e. The summed E-state index contributed by atoms with van der Waals surface area (Å²) in [6.45, 7) is 9.13. The molecule has 0 N–H and O–H groups in total. The van der Waals surface area contributed by atoms with Gasteiger partial charge >= 0.3 is 0 Å². The van der Waals surface area contributed by atoms with Gasteiger partial charge in [0.05, 0.1) is 11.3 Å². The highest BCUT2D eigenvalue weighted by Gasteiger charge is 2.19. The van der Waals surface area contributed by atoms with Crippen LogP contribution in [0.5, 0.6) is 0 Å². The van der Waals surface area contributed by atoms with Crippen molar-refractivity contribution >= 4 is 11.8 Å². The zero-order chi connectivity index (χ0) is 19.4. The number of hydrogen-bond donors (Lipinski definition) is 0. The Morgan fingerprint density at radius 1 is 1.11 bits per heavy atom. The summed E-state index contributed by atoms with van der Waals surface area (Å²) in [6, 6.07) is 6.63. The molecule has 3 rings (SSSR count).